The average molecular weight is 192 g/mol. The largest absolute Gasteiger partial charge is 0.337 e. The second-order valence-corrected chi connectivity index (χ2v) is 4.05. The molecule has 0 saturated carbocycles. The van der Waals surface area contributed by atoms with Crippen molar-refractivity contribution in [1.29, 1.82) is 5.26 Å². The molecule has 0 aliphatic heterocycles. The van der Waals surface area contributed by atoms with E-state index in [9.17, 15) is 0 Å². The zero-order valence-electron chi connectivity index (χ0n) is 8.91. The molecule has 0 aromatic carbocycles. The van der Waals surface area contributed by atoms with Crippen molar-refractivity contribution in [2.45, 2.75) is 20.4 Å². The number of imidazole rings is 1. The summed E-state index contributed by atoms with van der Waals surface area (Å²) in [5, 5.41) is 12.0. The Hall–Kier alpha value is -1.34. The fourth-order valence-electron chi connectivity index (χ4n) is 1.09. The molecule has 0 saturated heterocycles. The van der Waals surface area contributed by atoms with Gasteiger partial charge in [0, 0.05) is 26.0 Å². The molecule has 1 heterocycles. The van der Waals surface area contributed by atoms with Gasteiger partial charge in [0.15, 0.2) is 0 Å². The van der Waals surface area contributed by atoms with Crippen LogP contribution in [0.15, 0.2) is 12.4 Å². The maximum atomic E-state index is 8.79. The van der Waals surface area contributed by atoms with Crippen molar-refractivity contribution in [1.82, 2.24) is 14.9 Å². The Kier molecular flexibility index (Phi) is 3.26. The third kappa shape index (κ3) is 2.86. The van der Waals surface area contributed by atoms with Crippen LogP contribution >= 0.6 is 0 Å². The van der Waals surface area contributed by atoms with Gasteiger partial charge in [0.25, 0.3) is 0 Å². The van der Waals surface area contributed by atoms with Crippen LogP contribution < -0.4 is 5.32 Å². The quantitative estimate of drug-likeness (QED) is 0.776. The zero-order valence-corrected chi connectivity index (χ0v) is 8.91. The maximum absolute atomic E-state index is 8.79. The number of aryl methyl sites for hydroxylation is 1. The summed E-state index contributed by atoms with van der Waals surface area (Å²) in [5.41, 5.74) is -0.314. The van der Waals surface area contributed by atoms with Crippen LogP contribution in [0.3, 0.4) is 0 Å². The molecular weight excluding hydrogens is 176 g/mol. The van der Waals surface area contributed by atoms with Gasteiger partial charge in [0.2, 0.25) is 0 Å². The van der Waals surface area contributed by atoms with Crippen molar-refractivity contribution >= 4 is 0 Å². The number of nitriles is 1. The van der Waals surface area contributed by atoms with E-state index in [4.69, 9.17) is 5.26 Å². The van der Waals surface area contributed by atoms with Crippen LogP contribution in [0.25, 0.3) is 0 Å². The van der Waals surface area contributed by atoms with E-state index in [2.05, 4.69) is 16.4 Å². The van der Waals surface area contributed by atoms with Crippen LogP contribution in [-0.4, -0.2) is 16.1 Å². The highest BCUT2D eigenvalue weighted by Gasteiger charge is 2.15. The van der Waals surface area contributed by atoms with Crippen molar-refractivity contribution < 1.29 is 0 Å². The van der Waals surface area contributed by atoms with Crippen molar-refractivity contribution in [3.05, 3.63) is 18.2 Å². The monoisotopic (exact) mass is 192 g/mol. The highest BCUT2D eigenvalue weighted by molar-refractivity contribution is 4.95. The summed E-state index contributed by atoms with van der Waals surface area (Å²) in [6, 6.07) is 2.25. The van der Waals surface area contributed by atoms with Crippen LogP contribution in [0.5, 0.6) is 0 Å². The molecule has 4 heteroatoms. The first-order chi connectivity index (χ1) is 6.55. The summed E-state index contributed by atoms with van der Waals surface area (Å²) in [7, 11) is 1.96. The first-order valence-electron chi connectivity index (χ1n) is 4.63. The first-order valence-corrected chi connectivity index (χ1v) is 4.63. The first kappa shape index (κ1) is 10.7. The zero-order chi connectivity index (χ0) is 10.6. The molecule has 1 rings (SSSR count). The number of rotatable bonds is 4. The molecule has 0 aliphatic carbocycles. The van der Waals surface area contributed by atoms with Gasteiger partial charge >= 0.3 is 0 Å². The highest BCUT2D eigenvalue weighted by atomic mass is 15.1. The Morgan fingerprint density at radius 1 is 1.64 bits per heavy atom. The summed E-state index contributed by atoms with van der Waals surface area (Å²) >= 11 is 0. The standard InChI is InChI=1S/C10H16N4/c1-10(2,7-11)8-12-6-9-13-4-5-14(9)3/h4-5,12H,6,8H2,1-3H3. The van der Waals surface area contributed by atoms with Gasteiger partial charge in [-0.3, -0.25) is 0 Å². The van der Waals surface area contributed by atoms with Crippen molar-refractivity contribution in [2.75, 3.05) is 6.54 Å². The van der Waals surface area contributed by atoms with Gasteiger partial charge in [-0.2, -0.15) is 5.26 Å². The molecule has 76 valence electrons. The third-order valence-electron chi connectivity index (χ3n) is 2.07. The van der Waals surface area contributed by atoms with Crippen LogP contribution in [0.2, 0.25) is 0 Å². The van der Waals surface area contributed by atoms with Crippen molar-refractivity contribution in [2.24, 2.45) is 12.5 Å². The molecule has 0 amide bonds. The normalized spacial score (nSPS) is 11.3. The van der Waals surface area contributed by atoms with Gasteiger partial charge in [-0.25, -0.2) is 4.98 Å². The van der Waals surface area contributed by atoms with Gasteiger partial charge < -0.3 is 9.88 Å². The molecule has 14 heavy (non-hydrogen) atoms. The van der Waals surface area contributed by atoms with E-state index in [0.29, 0.717) is 13.1 Å². The summed E-state index contributed by atoms with van der Waals surface area (Å²) in [5.74, 6) is 0.985. The van der Waals surface area contributed by atoms with E-state index in [1.54, 1.807) is 6.20 Å². The molecule has 1 aromatic rings. The summed E-state index contributed by atoms with van der Waals surface area (Å²) < 4.78 is 1.96. The van der Waals surface area contributed by atoms with Crippen LogP contribution in [-0.2, 0) is 13.6 Å². The Balaban J connectivity index is 2.37. The van der Waals surface area contributed by atoms with Crippen molar-refractivity contribution in [3.8, 4) is 6.07 Å². The minimum Gasteiger partial charge on any atom is -0.337 e. The van der Waals surface area contributed by atoms with E-state index in [1.165, 1.54) is 0 Å². The van der Waals surface area contributed by atoms with Gasteiger partial charge in [-0.15, -0.1) is 0 Å². The molecule has 0 aliphatic rings. The summed E-state index contributed by atoms with van der Waals surface area (Å²) in [6.07, 6.45) is 3.68. The number of aromatic nitrogens is 2. The van der Waals surface area contributed by atoms with Crippen molar-refractivity contribution in [3.63, 3.8) is 0 Å². The number of nitrogens with one attached hydrogen (secondary N) is 1. The Labute approximate surface area is 84.6 Å². The van der Waals surface area contributed by atoms with E-state index in [1.807, 2.05) is 31.7 Å². The molecule has 0 fully saturated rings. The molecule has 0 spiro atoms. The molecule has 0 unspecified atom stereocenters. The second kappa shape index (κ2) is 4.25. The molecule has 0 bridgehead atoms. The lowest BCUT2D eigenvalue weighted by Crippen LogP contribution is -2.28. The van der Waals surface area contributed by atoms with Crippen LogP contribution in [0.1, 0.15) is 19.7 Å². The molecular formula is C10H16N4. The summed E-state index contributed by atoms with van der Waals surface area (Å²) in [4.78, 5) is 4.18. The number of hydrogen-bond acceptors (Lipinski definition) is 3. The third-order valence-corrected chi connectivity index (χ3v) is 2.07. The smallest absolute Gasteiger partial charge is 0.122 e. The molecule has 1 aromatic heterocycles. The Morgan fingerprint density at radius 2 is 2.36 bits per heavy atom. The SMILES string of the molecule is Cn1ccnc1CNCC(C)(C)C#N. The van der Waals surface area contributed by atoms with Gasteiger partial charge in [0.05, 0.1) is 18.0 Å². The lowest BCUT2D eigenvalue weighted by atomic mass is 9.96. The predicted molar refractivity (Wildman–Crippen MR) is 54.3 cm³/mol. The highest BCUT2D eigenvalue weighted by Crippen LogP contribution is 2.10. The fraction of sp³-hybridized carbons (Fsp3) is 0.600. The molecule has 0 radical (unpaired) electrons. The van der Waals surface area contributed by atoms with Crippen LogP contribution in [0.4, 0.5) is 0 Å². The number of hydrogen-bond donors (Lipinski definition) is 1. The minimum atomic E-state index is -0.314. The molecule has 4 nitrogen and oxygen atoms in total. The van der Waals surface area contributed by atoms with Gasteiger partial charge in [-0.1, -0.05) is 0 Å². The lowest BCUT2D eigenvalue weighted by molar-refractivity contribution is 0.439. The average Bonchev–Trinajstić information content (AvgIpc) is 2.52. The van der Waals surface area contributed by atoms with Gasteiger partial charge in [-0.05, 0) is 13.8 Å². The van der Waals surface area contributed by atoms with E-state index in [-0.39, 0.29) is 5.41 Å². The van der Waals surface area contributed by atoms with Gasteiger partial charge in [0.1, 0.15) is 5.82 Å². The maximum Gasteiger partial charge on any atom is 0.122 e. The molecule has 1 N–H and O–H groups in total. The number of nitrogens with zero attached hydrogens (tertiary/aromatic N) is 3. The second-order valence-electron chi connectivity index (χ2n) is 4.05. The fourth-order valence-corrected chi connectivity index (χ4v) is 1.09. The van der Waals surface area contributed by atoms with Crippen LogP contribution in [0, 0.1) is 16.7 Å². The molecule has 0 atom stereocenters. The minimum absolute atomic E-state index is 0.314. The van der Waals surface area contributed by atoms with E-state index >= 15 is 0 Å². The lowest BCUT2D eigenvalue weighted by Gasteiger charge is -2.15. The predicted octanol–water partition coefficient (Wildman–Crippen LogP) is 1.06. The Bertz CT molecular complexity index is 332. The topological polar surface area (TPSA) is 53.6 Å². The Morgan fingerprint density at radius 3 is 2.86 bits per heavy atom. The summed E-state index contributed by atoms with van der Waals surface area (Å²) in [6.45, 7) is 5.21. The van der Waals surface area contributed by atoms with E-state index < -0.39 is 0 Å². The van der Waals surface area contributed by atoms with E-state index in [0.717, 1.165) is 5.82 Å².